The summed E-state index contributed by atoms with van der Waals surface area (Å²) < 4.78 is 18.6. The molecule has 3 rings (SSSR count). The molecule has 0 unspecified atom stereocenters. The van der Waals surface area contributed by atoms with Gasteiger partial charge in [0.15, 0.2) is 0 Å². The Balaban J connectivity index is 1.92. The lowest BCUT2D eigenvalue weighted by molar-refractivity contribution is 0.416. The van der Waals surface area contributed by atoms with Crippen LogP contribution in [0.3, 0.4) is 0 Å². The fourth-order valence-electron chi connectivity index (χ4n) is 2.28. The number of aromatic nitrogens is 1. The molecule has 0 aliphatic heterocycles. The van der Waals surface area contributed by atoms with Gasteiger partial charge in [-0.2, -0.15) is 0 Å². The van der Waals surface area contributed by atoms with E-state index in [1.54, 1.807) is 25.6 Å². The first-order chi connectivity index (χ1) is 11.2. The summed E-state index contributed by atoms with van der Waals surface area (Å²) in [6, 6.07) is 14.1. The third-order valence-electron chi connectivity index (χ3n) is 3.36. The SMILES string of the molecule is COc1ccccc1-c1cncc(Nc2ccc(F)c(Cl)c2)c1. The monoisotopic (exact) mass is 328 g/mol. The topological polar surface area (TPSA) is 34.1 Å². The van der Waals surface area contributed by atoms with Gasteiger partial charge in [-0.05, 0) is 30.3 Å². The van der Waals surface area contributed by atoms with Crippen molar-refractivity contribution in [2.24, 2.45) is 0 Å². The summed E-state index contributed by atoms with van der Waals surface area (Å²) in [5.74, 6) is 0.328. The fourth-order valence-corrected chi connectivity index (χ4v) is 2.46. The molecule has 23 heavy (non-hydrogen) atoms. The van der Waals surface area contributed by atoms with E-state index in [9.17, 15) is 4.39 Å². The predicted octanol–water partition coefficient (Wildman–Crippen LogP) is 5.29. The van der Waals surface area contributed by atoms with E-state index in [1.807, 2.05) is 30.3 Å². The summed E-state index contributed by atoms with van der Waals surface area (Å²) in [5, 5.41) is 3.24. The molecular formula is C18H14ClFN2O. The maximum atomic E-state index is 13.2. The number of nitrogens with zero attached hydrogens (tertiary/aromatic N) is 1. The van der Waals surface area contributed by atoms with Crippen molar-refractivity contribution in [2.75, 3.05) is 12.4 Å². The largest absolute Gasteiger partial charge is 0.496 e. The Hall–Kier alpha value is -2.59. The molecule has 3 nitrogen and oxygen atoms in total. The zero-order valence-electron chi connectivity index (χ0n) is 12.4. The van der Waals surface area contributed by atoms with Gasteiger partial charge in [0, 0.05) is 23.0 Å². The first-order valence-electron chi connectivity index (χ1n) is 6.98. The van der Waals surface area contributed by atoms with Crippen LogP contribution in [0, 0.1) is 5.82 Å². The highest BCUT2D eigenvalue weighted by molar-refractivity contribution is 6.31. The van der Waals surface area contributed by atoms with E-state index in [1.165, 1.54) is 12.1 Å². The van der Waals surface area contributed by atoms with E-state index in [0.717, 1.165) is 22.6 Å². The highest BCUT2D eigenvalue weighted by atomic mass is 35.5. The number of benzene rings is 2. The Morgan fingerprint density at radius 2 is 1.87 bits per heavy atom. The molecule has 0 saturated heterocycles. The van der Waals surface area contributed by atoms with Gasteiger partial charge in [-0.3, -0.25) is 4.98 Å². The van der Waals surface area contributed by atoms with Crippen molar-refractivity contribution in [3.05, 3.63) is 71.8 Å². The van der Waals surface area contributed by atoms with E-state index >= 15 is 0 Å². The van der Waals surface area contributed by atoms with Crippen LogP contribution in [0.2, 0.25) is 5.02 Å². The molecule has 0 aliphatic carbocycles. The fraction of sp³-hybridized carbons (Fsp3) is 0.0556. The van der Waals surface area contributed by atoms with Gasteiger partial charge in [0.1, 0.15) is 11.6 Å². The first kappa shape index (κ1) is 15.3. The Kier molecular flexibility index (Phi) is 4.44. The van der Waals surface area contributed by atoms with Crippen LogP contribution in [0.1, 0.15) is 0 Å². The number of ether oxygens (including phenoxy) is 1. The van der Waals surface area contributed by atoms with Crippen LogP contribution in [0.5, 0.6) is 5.75 Å². The zero-order chi connectivity index (χ0) is 16.2. The number of rotatable bonds is 4. The van der Waals surface area contributed by atoms with Crippen molar-refractivity contribution in [1.82, 2.24) is 4.98 Å². The summed E-state index contributed by atoms with van der Waals surface area (Å²) in [6.07, 6.45) is 3.46. The maximum absolute atomic E-state index is 13.2. The van der Waals surface area contributed by atoms with Gasteiger partial charge in [-0.1, -0.05) is 29.8 Å². The summed E-state index contributed by atoms with van der Waals surface area (Å²) in [6.45, 7) is 0. The highest BCUT2D eigenvalue weighted by Crippen LogP contribution is 2.31. The van der Waals surface area contributed by atoms with Crippen LogP contribution in [0.4, 0.5) is 15.8 Å². The zero-order valence-corrected chi connectivity index (χ0v) is 13.1. The molecule has 2 aromatic carbocycles. The number of pyridine rings is 1. The molecular weight excluding hydrogens is 315 g/mol. The minimum absolute atomic E-state index is 0.0730. The van der Waals surface area contributed by atoms with Crippen molar-refractivity contribution in [3.63, 3.8) is 0 Å². The second-order valence-electron chi connectivity index (χ2n) is 4.92. The van der Waals surface area contributed by atoms with Crippen molar-refractivity contribution >= 4 is 23.0 Å². The van der Waals surface area contributed by atoms with Crippen LogP contribution in [0.25, 0.3) is 11.1 Å². The van der Waals surface area contributed by atoms with E-state index in [4.69, 9.17) is 16.3 Å². The molecule has 1 aromatic heterocycles. The first-order valence-corrected chi connectivity index (χ1v) is 7.35. The number of hydrogen-bond acceptors (Lipinski definition) is 3. The molecule has 0 spiro atoms. The lowest BCUT2D eigenvalue weighted by atomic mass is 10.1. The number of halogens is 2. The molecule has 1 N–H and O–H groups in total. The van der Waals surface area contributed by atoms with Gasteiger partial charge < -0.3 is 10.1 Å². The molecule has 0 saturated carbocycles. The normalized spacial score (nSPS) is 10.4. The van der Waals surface area contributed by atoms with Crippen LogP contribution in [0.15, 0.2) is 60.9 Å². The minimum atomic E-state index is -0.446. The van der Waals surface area contributed by atoms with Crippen molar-refractivity contribution < 1.29 is 9.13 Å². The number of anilines is 2. The molecule has 0 aliphatic rings. The number of para-hydroxylation sites is 1. The Morgan fingerprint density at radius 3 is 2.65 bits per heavy atom. The average Bonchev–Trinajstić information content (AvgIpc) is 2.58. The third-order valence-corrected chi connectivity index (χ3v) is 3.65. The number of hydrogen-bond donors (Lipinski definition) is 1. The molecule has 5 heteroatoms. The Bertz CT molecular complexity index is 839. The summed E-state index contributed by atoms with van der Waals surface area (Å²) in [5.41, 5.74) is 3.33. The number of methoxy groups -OCH3 is 1. The van der Waals surface area contributed by atoms with E-state index in [2.05, 4.69) is 10.3 Å². The Morgan fingerprint density at radius 1 is 1.04 bits per heavy atom. The molecule has 0 radical (unpaired) electrons. The van der Waals surface area contributed by atoms with Gasteiger partial charge in [-0.25, -0.2) is 4.39 Å². The maximum Gasteiger partial charge on any atom is 0.141 e. The van der Waals surface area contributed by atoms with E-state index in [-0.39, 0.29) is 5.02 Å². The van der Waals surface area contributed by atoms with Crippen molar-refractivity contribution in [3.8, 4) is 16.9 Å². The second-order valence-corrected chi connectivity index (χ2v) is 5.32. The summed E-state index contributed by atoms with van der Waals surface area (Å²) in [7, 11) is 1.63. The lowest BCUT2D eigenvalue weighted by Crippen LogP contribution is -1.93. The minimum Gasteiger partial charge on any atom is -0.496 e. The van der Waals surface area contributed by atoms with Crippen molar-refractivity contribution in [1.29, 1.82) is 0 Å². The molecule has 0 bridgehead atoms. The Labute approximate surface area is 138 Å². The molecule has 1 heterocycles. The quantitative estimate of drug-likeness (QED) is 0.706. The molecule has 0 atom stereocenters. The summed E-state index contributed by atoms with van der Waals surface area (Å²) >= 11 is 5.80. The van der Waals surface area contributed by atoms with E-state index in [0.29, 0.717) is 5.69 Å². The highest BCUT2D eigenvalue weighted by Gasteiger charge is 2.07. The number of nitrogens with one attached hydrogen (secondary N) is 1. The predicted molar refractivity (Wildman–Crippen MR) is 90.9 cm³/mol. The summed E-state index contributed by atoms with van der Waals surface area (Å²) in [4.78, 5) is 4.25. The van der Waals surface area contributed by atoms with Gasteiger partial charge in [0.05, 0.1) is 24.0 Å². The van der Waals surface area contributed by atoms with Crippen LogP contribution >= 0.6 is 11.6 Å². The van der Waals surface area contributed by atoms with Crippen LogP contribution in [-0.2, 0) is 0 Å². The van der Waals surface area contributed by atoms with Gasteiger partial charge in [-0.15, -0.1) is 0 Å². The molecule has 116 valence electrons. The second kappa shape index (κ2) is 6.67. The molecule has 0 amide bonds. The third kappa shape index (κ3) is 3.43. The molecule has 0 fully saturated rings. The van der Waals surface area contributed by atoms with Crippen LogP contribution in [-0.4, -0.2) is 12.1 Å². The standard InChI is InChI=1S/C18H14ClFN2O/c1-23-18-5-3-2-4-15(18)12-8-14(11-21-10-12)22-13-6-7-17(20)16(19)9-13/h2-11,22H,1H3. The van der Waals surface area contributed by atoms with Gasteiger partial charge in [0.2, 0.25) is 0 Å². The van der Waals surface area contributed by atoms with Gasteiger partial charge >= 0.3 is 0 Å². The van der Waals surface area contributed by atoms with Crippen molar-refractivity contribution in [2.45, 2.75) is 0 Å². The average molecular weight is 329 g/mol. The van der Waals surface area contributed by atoms with Crippen LogP contribution < -0.4 is 10.1 Å². The lowest BCUT2D eigenvalue weighted by Gasteiger charge is -2.11. The van der Waals surface area contributed by atoms with Gasteiger partial charge in [0.25, 0.3) is 0 Å². The van der Waals surface area contributed by atoms with E-state index < -0.39 is 5.82 Å². The molecule has 3 aromatic rings. The smallest absolute Gasteiger partial charge is 0.141 e.